The van der Waals surface area contributed by atoms with Crippen LogP contribution in [0.4, 0.5) is 0 Å². The number of hydrogen-bond donors (Lipinski definition) is 0. The maximum absolute atomic E-state index is 5.49. The molecule has 0 spiro atoms. The first-order chi connectivity index (χ1) is 5.75. The number of aryl methyl sites for hydroxylation is 1. The molecular formula is C7H11BN2O2. The number of nitrogens with zero attached hydrogens (tertiary/aromatic N) is 2. The maximum atomic E-state index is 5.49. The summed E-state index contributed by atoms with van der Waals surface area (Å²) in [7, 11) is 1.66. The highest BCUT2D eigenvalue weighted by Gasteiger charge is 2.31. The van der Waals surface area contributed by atoms with E-state index < -0.39 is 0 Å². The van der Waals surface area contributed by atoms with Gasteiger partial charge in [-0.2, -0.15) is 5.10 Å². The van der Waals surface area contributed by atoms with Crippen molar-refractivity contribution >= 4 is 12.6 Å². The van der Waals surface area contributed by atoms with Crippen molar-refractivity contribution in [1.29, 1.82) is 0 Å². The van der Waals surface area contributed by atoms with Crippen molar-refractivity contribution < 1.29 is 9.31 Å². The van der Waals surface area contributed by atoms with Crippen LogP contribution in [0.15, 0.2) is 12.4 Å². The monoisotopic (exact) mass is 166 g/mol. The highest BCUT2D eigenvalue weighted by atomic mass is 16.6. The van der Waals surface area contributed by atoms with E-state index in [1.54, 1.807) is 10.9 Å². The second kappa shape index (κ2) is 2.92. The second-order valence-corrected chi connectivity index (χ2v) is 3.06. The van der Waals surface area contributed by atoms with E-state index in [2.05, 4.69) is 5.10 Å². The van der Waals surface area contributed by atoms with Crippen molar-refractivity contribution in [3.8, 4) is 0 Å². The molecule has 1 aromatic rings. The quantitative estimate of drug-likeness (QED) is 0.530. The largest absolute Gasteiger partial charge is 0.497 e. The van der Waals surface area contributed by atoms with Gasteiger partial charge in [-0.3, -0.25) is 4.68 Å². The molecule has 2 rings (SSSR count). The molecule has 4 nitrogen and oxygen atoms in total. The van der Waals surface area contributed by atoms with E-state index in [1.807, 2.05) is 20.2 Å². The first-order valence-corrected chi connectivity index (χ1v) is 4.01. The average Bonchev–Trinajstić information content (AvgIpc) is 2.58. The SMILES string of the molecule is CC1COB(c2cnn(C)c2)O1. The summed E-state index contributed by atoms with van der Waals surface area (Å²) in [6.07, 6.45) is 3.86. The Labute approximate surface area is 71.6 Å². The van der Waals surface area contributed by atoms with Crippen molar-refractivity contribution in [3.63, 3.8) is 0 Å². The first-order valence-electron chi connectivity index (χ1n) is 4.01. The molecule has 0 aliphatic carbocycles. The fourth-order valence-corrected chi connectivity index (χ4v) is 1.25. The van der Waals surface area contributed by atoms with Gasteiger partial charge in [0.05, 0.1) is 12.7 Å². The molecule has 0 radical (unpaired) electrons. The molecule has 1 aromatic heterocycles. The highest BCUT2D eigenvalue weighted by molar-refractivity contribution is 6.61. The minimum Gasteiger partial charge on any atom is -0.405 e. The molecule has 1 saturated heterocycles. The van der Waals surface area contributed by atoms with E-state index in [1.165, 1.54) is 0 Å². The third-order valence-corrected chi connectivity index (χ3v) is 1.84. The van der Waals surface area contributed by atoms with Crippen molar-refractivity contribution in [1.82, 2.24) is 9.78 Å². The van der Waals surface area contributed by atoms with Crippen LogP contribution in [-0.4, -0.2) is 29.6 Å². The van der Waals surface area contributed by atoms with Crippen LogP contribution in [-0.2, 0) is 16.4 Å². The Bertz CT molecular complexity index is 276. The van der Waals surface area contributed by atoms with Crippen LogP contribution in [0.3, 0.4) is 0 Å². The van der Waals surface area contributed by atoms with Crippen molar-refractivity contribution in [2.24, 2.45) is 7.05 Å². The fourth-order valence-electron chi connectivity index (χ4n) is 1.25. The van der Waals surface area contributed by atoms with Crippen LogP contribution >= 0.6 is 0 Å². The Hall–Kier alpha value is -0.805. The average molecular weight is 166 g/mol. The van der Waals surface area contributed by atoms with Crippen molar-refractivity contribution in [3.05, 3.63) is 12.4 Å². The van der Waals surface area contributed by atoms with Crippen LogP contribution in [0.25, 0.3) is 0 Å². The Morgan fingerprint density at radius 3 is 3.08 bits per heavy atom. The van der Waals surface area contributed by atoms with E-state index in [9.17, 15) is 0 Å². The van der Waals surface area contributed by atoms with E-state index in [0.29, 0.717) is 6.61 Å². The molecule has 2 heterocycles. The van der Waals surface area contributed by atoms with Crippen LogP contribution in [0, 0.1) is 0 Å². The van der Waals surface area contributed by atoms with Crippen LogP contribution in [0.1, 0.15) is 6.92 Å². The highest BCUT2D eigenvalue weighted by Crippen LogP contribution is 2.06. The summed E-state index contributed by atoms with van der Waals surface area (Å²) in [5, 5.41) is 4.04. The Morgan fingerprint density at radius 2 is 2.58 bits per heavy atom. The van der Waals surface area contributed by atoms with E-state index >= 15 is 0 Å². The molecule has 0 saturated carbocycles. The predicted molar refractivity (Wildman–Crippen MR) is 45.1 cm³/mol. The van der Waals surface area contributed by atoms with Gasteiger partial charge in [-0.05, 0) is 6.92 Å². The summed E-state index contributed by atoms with van der Waals surface area (Å²) < 4.78 is 12.6. The van der Waals surface area contributed by atoms with Gasteiger partial charge in [-0.15, -0.1) is 0 Å². The van der Waals surface area contributed by atoms with Crippen LogP contribution in [0.5, 0.6) is 0 Å². The lowest BCUT2D eigenvalue weighted by atomic mass is 9.82. The third kappa shape index (κ3) is 1.37. The molecule has 12 heavy (non-hydrogen) atoms. The molecule has 0 N–H and O–H groups in total. The van der Waals surface area contributed by atoms with Crippen molar-refractivity contribution in [2.45, 2.75) is 13.0 Å². The van der Waals surface area contributed by atoms with E-state index in [4.69, 9.17) is 9.31 Å². The maximum Gasteiger partial charge on any atom is 0.497 e. The van der Waals surface area contributed by atoms with Gasteiger partial charge >= 0.3 is 7.12 Å². The Kier molecular flexibility index (Phi) is 1.90. The van der Waals surface area contributed by atoms with Gasteiger partial charge in [-0.1, -0.05) is 0 Å². The second-order valence-electron chi connectivity index (χ2n) is 3.06. The van der Waals surface area contributed by atoms with Crippen LogP contribution < -0.4 is 5.46 Å². The fraction of sp³-hybridized carbons (Fsp3) is 0.571. The lowest BCUT2D eigenvalue weighted by molar-refractivity contribution is 0.258. The van der Waals surface area contributed by atoms with Gasteiger partial charge in [0.1, 0.15) is 0 Å². The molecule has 1 atom stereocenters. The molecule has 64 valence electrons. The Morgan fingerprint density at radius 1 is 1.75 bits per heavy atom. The molecular weight excluding hydrogens is 155 g/mol. The smallest absolute Gasteiger partial charge is 0.405 e. The molecule has 5 heteroatoms. The Balaban J connectivity index is 2.11. The molecule has 1 unspecified atom stereocenters. The summed E-state index contributed by atoms with van der Waals surface area (Å²) in [6.45, 7) is 2.66. The number of hydrogen-bond acceptors (Lipinski definition) is 3. The van der Waals surface area contributed by atoms with Crippen LogP contribution in [0.2, 0.25) is 0 Å². The minimum absolute atomic E-state index is 0.190. The van der Waals surface area contributed by atoms with E-state index in [-0.39, 0.29) is 13.2 Å². The minimum atomic E-state index is -0.214. The summed E-state index contributed by atoms with van der Waals surface area (Å²) >= 11 is 0. The van der Waals surface area contributed by atoms with E-state index in [0.717, 1.165) is 5.46 Å². The molecule has 1 aliphatic heterocycles. The third-order valence-electron chi connectivity index (χ3n) is 1.84. The zero-order chi connectivity index (χ0) is 8.55. The van der Waals surface area contributed by atoms with Gasteiger partial charge in [-0.25, -0.2) is 0 Å². The van der Waals surface area contributed by atoms with Gasteiger partial charge in [0, 0.05) is 24.9 Å². The lowest BCUT2D eigenvalue weighted by Gasteiger charge is -2.00. The van der Waals surface area contributed by atoms with Gasteiger partial charge in [0.15, 0.2) is 0 Å². The number of aromatic nitrogens is 2. The normalized spacial score (nSPS) is 23.5. The van der Waals surface area contributed by atoms with Gasteiger partial charge < -0.3 is 9.31 Å². The summed E-state index contributed by atoms with van der Waals surface area (Å²) in [5.41, 5.74) is 0.988. The lowest BCUT2D eigenvalue weighted by Crippen LogP contribution is -2.31. The zero-order valence-corrected chi connectivity index (χ0v) is 7.23. The topological polar surface area (TPSA) is 36.3 Å². The predicted octanol–water partition coefficient (Wildman–Crippen LogP) is -0.449. The molecule has 0 bridgehead atoms. The first kappa shape index (κ1) is 7.82. The standard InChI is InChI=1S/C7H11BN2O2/c1-6-5-11-8(12-6)7-3-9-10(2)4-7/h3-4,6H,5H2,1-2H3. The summed E-state index contributed by atoms with van der Waals surface area (Å²) in [5.74, 6) is 0. The number of rotatable bonds is 1. The molecule has 0 amide bonds. The van der Waals surface area contributed by atoms with Crippen molar-refractivity contribution in [2.75, 3.05) is 6.61 Å². The summed E-state index contributed by atoms with van der Waals surface area (Å²) in [6, 6.07) is 0. The van der Waals surface area contributed by atoms with Gasteiger partial charge in [0.25, 0.3) is 0 Å². The van der Waals surface area contributed by atoms with Gasteiger partial charge in [0.2, 0.25) is 0 Å². The molecule has 1 aliphatic rings. The summed E-state index contributed by atoms with van der Waals surface area (Å²) in [4.78, 5) is 0. The molecule has 0 aromatic carbocycles. The zero-order valence-electron chi connectivity index (χ0n) is 7.23. The molecule has 1 fully saturated rings.